The van der Waals surface area contributed by atoms with Gasteiger partial charge in [-0.2, -0.15) is 0 Å². The van der Waals surface area contributed by atoms with Crippen LogP contribution >= 0.6 is 0 Å². The van der Waals surface area contributed by atoms with Crippen LogP contribution < -0.4 is 0 Å². The van der Waals surface area contributed by atoms with E-state index in [9.17, 15) is 19.7 Å². The summed E-state index contributed by atoms with van der Waals surface area (Å²) in [5, 5.41) is 11.4. The van der Waals surface area contributed by atoms with Gasteiger partial charge in [0.25, 0.3) is 17.5 Å². The average molecular weight is 642 g/mol. The molecular weight excluding hydrogens is 606 g/mol. The molecule has 2 aliphatic rings. The van der Waals surface area contributed by atoms with Crippen molar-refractivity contribution < 1.29 is 18.9 Å². The molecule has 2 saturated heterocycles. The monoisotopic (exact) mass is 641 g/mol. The van der Waals surface area contributed by atoms with Crippen LogP contribution in [0.2, 0.25) is 0 Å². The van der Waals surface area contributed by atoms with Crippen molar-refractivity contribution in [3.63, 3.8) is 0 Å². The lowest BCUT2D eigenvalue weighted by atomic mass is 10.0. The van der Waals surface area contributed by atoms with Gasteiger partial charge in [0.05, 0.1) is 21.9 Å². The van der Waals surface area contributed by atoms with E-state index in [4.69, 9.17) is 9.40 Å². The summed E-state index contributed by atoms with van der Waals surface area (Å²) in [7, 11) is 0. The van der Waals surface area contributed by atoms with Crippen LogP contribution in [0.15, 0.2) is 114 Å². The SMILES string of the molecule is O=C(c1cc(-c2ccccc2)nc(-c2ccccc2)c1)N1CCN(C2CCN(C(=O)c3ccc(-c4ccccc4[N+](=O)[O-])o3)CC2)CC1. The Hall–Kier alpha value is -5.61. The maximum absolute atomic E-state index is 13.8. The van der Waals surface area contributed by atoms with E-state index in [1.807, 2.05) is 77.7 Å². The number of para-hydroxylation sites is 1. The highest BCUT2D eigenvalue weighted by atomic mass is 16.6. The highest BCUT2D eigenvalue weighted by molar-refractivity contribution is 5.96. The van der Waals surface area contributed by atoms with Gasteiger partial charge in [-0.1, -0.05) is 72.8 Å². The van der Waals surface area contributed by atoms with Gasteiger partial charge in [-0.3, -0.25) is 24.6 Å². The Labute approximate surface area is 278 Å². The summed E-state index contributed by atoms with van der Waals surface area (Å²) in [5.74, 6) is 0.268. The van der Waals surface area contributed by atoms with Gasteiger partial charge in [0.15, 0.2) is 5.76 Å². The fourth-order valence-corrected chi connectivity index (χ4v) is 6.67. The summed E-state index contributed by atoms with van der Waals surface area (Å²) < 4.78 is 5.81. The molecule has 4 heterocycles. The van der Waals surface area contributed by atoms with E-state index in [0.29, 0.717) is 49.1 Å². The number of pyridine rings is 1. The van der Waals surface area contributed by atoms with E-state index < -0.39 is 4.92 Å². The van der Waals surface area contributed by atoms with Crippen molar-refractivity contribution in [3.05, 3.63) is 131 Å². The van der Waals surface area contributed by atoms with Crippen molar-refractivity contribution in [1.82, 2.24) is 19.7 Å². The summed E-state index contributed by atoms with van der Waals surface area (Å²) in [6.45, 7) is 3.97. The van der Waals surface area contributed by atoms with Crippen LogP contribution in [0, 0.1) is 10.1 Å². The minimum absolute atomic E-state index is 0.00507. The number of benzene rings is 3. The minimum atomic E-state index is -0.456. The Balaban J connectivity index is 0.968. The molecule has 5 aromatic rings. The molecule has 0 aliphatic carbocycles. The molecule has 0 unspecified atom stereocenters. The molecule has 2 fully saturated rings. The number of furan rings is 1. The zero-order valence-corrected chi connectivity index (χ0v) is 26.4. The van der Waals surface area contributed by atoms with Crippen LogP contribution in [-0.4, -0.2) is 81.7 Å². The third-order valence-corrected chi connectivity index (χ3v) is 9.26. The van der Waals surface area contributed by atoms with E-state index in [-0.39, 0.29) is 23.3 Å². The molecule has 3 aromatic carbocycles. The van der Waals surface area contributed by atoms with Gasteiger partial charge < -0.3 is 14.2 Å². The number of piperidine rings is 1. The fourth-order valence-electron chi connectivity index (χ4n) is 6.67. The summed E-state index contributed by atoms with van der Waals surface area (Å²) in [5.41, 5.74) is 4.38. The van der Waals surface area contributed by atoms with E-state index in [0.717, 1.165) is 48.4 Å². The number of nitro groups is 1. The Bertz CT molecular complexity index is 1870. The Morgan fingerprint density at radius 3 is 1.85 bits per heavy atom. The van der Waals surface area contributed by atoms with E-state index in [1.165, 1.54) is 6.07 Å². The molecule has 48 heavy (non-hydrogen) atoms. The van der Waals surface area contributed by atoms with E-state index in [1.54, 1.807) is 35.2 Å². The van der Waals surface area contributed by atoms with Crippen molar-refractivity contribution in [2.75, 3.05) is 39.3 Å². The first-order valence-corrected chi connectivity index (χ1v) is 16.2. The molecule has 0 spiro atoms. The van der Waals surface area contributed by atoms with Gasteiger partial charge in [0.2, 0.25) is 0 Å². The van der Waals surface area contributed by atoms with Crippen molar-refractivity contribution in [2.45, 2.75) is 18.9 Å². The zero-order valence-electron chi connectivity index (χ0n) is 26.4. The summed E-state index contributed by atoms with van der Waals surface area (Å²) in [4.78, 5) is 49.1. The summed E-state index contributed by atoms with van der Waals surface area (Å²) in [6.07, 6.45) is 1.64. The van der Waals surface area contributed by atoms with Crippen LogP contribution in [0.25, 0.3) is 33.8 Å². The number of likely N-dealkylation sites (tertiary alicyclic amines) is 1. The predicted molar refractivity (Wildman–Crippen MR) is 182 cm³/mol. The number of hydrogen-bond donors (Lipinski definition) is 0. The van der Waals surface area contributed by atoms with Gasteiger partial charge in [-0.25, -0.2) is 4.98 Å². The minimum Gasteiger partial charge on any atom is -0.451 e. The lowest BCUT2D eigenvalue weighted by Crippen LogP contribution is -2.54. The smallest absolute Gasteiger partial charge is 0.289 e. The second kappa shape index (κ2) is 13.6. The quantitative estimate of drug-likeness (QED) is 0.145. The second-order valence-electron chi connectivity index (χ2n) is 12.1. The third-order valence-electron chi connectivity index (χ3n) is 9.26. The first-order valence-electron chi connectivity index (χ1n) is 16.2. The Kier molecular flexibility index (Phi) is 8.80. The van der Waals surface area contributed by atoms with Crippen molar-refractivity contribution in [2.24, 2.45) is 0 Å². The molecule has 2 aromatic heterocycles. The zero-order chi connectivity index (χ0) is 33.0. The van der Waals surface area contributed by atoms with E-state index >= 15 is 0 Å². The first kappa shape index (κ1) is 31.0. The third kappa shape index (κ3) is 6.47. The van der Waals surface area contributed by atoms with Gasteiger partial charge in [-0.05, 0) is 43.2 Å². The predicted octanol–water partition coefficient (Wildman–Crippen LogP) is 6.65. The molecule has 2 amide bonds. The molecule has 0 saturated carbocycles. The van der Waals surface area contributed by atoms with Crippen molar-refractivity contribution in [1.29, 1.82) is 0 Å². The molecule has 0 atom stereocenters. The standard InChI is InChI=1S/C38H35N5O5/c44-37(29-25-32(27-9-3-1-4-10-27)39-33(26-29)28-11-5-2-6-12-28)42-23-21-40(22-24-42)30-17-19-41(20-18-30)38(45)36-16-15-35(48-36)31-13-7-8-14-34(31)43(46)47/h1-16,25-26,30H,17-24H2. The van der Waals surface area contributed by atoms with E-state index in [2.05, 4.69) is 4.90 Å². The number of amides is 2. The summed E-state index contributed by atoms with van der Waals surface area (Å²) in [6, 6.07) is 33.5. The number of nitrogens with zero attached hydrogens (tertiary/aromatic N) is 5. The first-order chi connectivity index (χ1) is 23.4. The van der Waals surface area contributed by atoms with Crippen LogP contribution in [0.3, 0.4) is 0 Å². The van der Waals surface area contributed by atoms with Gasteiger partial charge in [0, 0.05) is 68.1 Å². The molecule has 7 rings (SSSR count). The lowest BCUT2D eigenvalue weighted by Gasteiger charge is -2.42. The maximum Gasteiger partial charge on any atom is 0.289 e. The Morgan fingerprint density at radius 1 is 0.688 bits per heavy atom. The largest absolute Gasteiger partial charge is 0.451 e. The van der Waals surface area contributed by atoms with Crippen molar-refractivity contribution >= 4 is 17.5 Å². The lowest BCUT2D eigenvalue weighted by molar-refractivity contribution is -0.384. The number of hydrogen-bond acceptors (Lipinski definition) is 7. The van der Waals surface area contributed by atoms with Gasteiger partial charge in [-0.15, -0.1) is 0 Å². The van der Waals surface area contributed by atoms with Crippen molar-refractivity contribution in [3.8, 4) is 33.8 Å². The molecule has 2 aliphatic heterocycles. The van der Waals surface area contributed by atoms with Gasteiger partial charge >= 0.3 is 0 Å². The molecule has 10 heteroatoms. The second-order valence-corrected chi connectivity index (χ2v) is 12.1. The Morgan fingerprint density at radius 2 is 1.25 bits per heavy atom. The number of rotatable bonds is 7. The van der Waals surface area contributed by atoms with Crippen LogP contribution in [-0.2, 0) is 0 Å². The normalized spacial score (nSPS) is 15.8. The number of piperazine rings is 1. The van der Waals surface area contributed by atoms with Gasteiger partial charge in [0.1, 0.15) is 5.76 Å². The molecular formula is C38H35N5O5. The molecule has 0 N–H and O–H groups in total. The van der Waals surface area contributed by atoms with Crippen LogP contribution in [0.1, 0.15) is 33.8 Å². The number of carbonyl (C=O) groups excluding carboxylic acids is 2. The number of aromatic nitrogens is 1. The molecule has 0 bridgehead atoms. The van der Waals surface area contributed by atoms with Crippen LogP contribution in [0.5, 0.6) is 0 Å². The number of carbonyl (C=O) groups is 2. The molecule has 242 valence electrons. The number of nitro benzene ring substituents is 1. The molecule has 10 nitrogen and oxygen atoms in total. The highest BCUT2D eigenvalue weighted by Gasteiger charge is 2.32. The highest BCUT2D eigenvalue weighted by Crippen LogP contribution is 2.32. The topological polar surface area (TPSA) is 113 Å². The van der Waals surface area contributed by atoms with Crippen LogP contribution in [0.4, 0.5) is 5.69 Å². The average Bonchev–Trinajstić information content (AvgIpc) is 3.65. The summed E-state index contributed by atoms with van der Waals surface area (Å²) >= 11 is 0. The molecule has 0 radical (unpaired) electrons. The fraction of sp³-hybridized carbons (Fsp3) is 0.237. The maximum atomic E-state index is 13.8.